The number of nitrogens with one attached hydrogen (secondary N) is 1. The van der Waals surface area contributed by atoms with E-state index in [1.807, 2.05) is 0 Å². The van der Waals surface area contributed by atoms with Crippen molar-refractivity contribution in [2.24, 2.45) is 0 Å². The van der Waals surface area contributed by atoms with E-state index in [1.54, 1.807) is 18.2 Å². The Hall–Kier alpha value is -2.43. The SMILES string of the molecule is COc1cccc2c1c(=O)[nH]c(=O)n2[C@H]1C[C@H](OC(C)=O)[C@@H](CO[Si](C(C)C)(C(C)C)C(C)C)O1. The van der Waals surface area contributed by atoms with Crippen LogP contribution in [0.5, 0.6) is 5.75 Å². The maximum absolute atomic E-state index is 12.9. The molecule has 3 atom stereocenters. The summed E-state index contributed by atoms with van der Waals surface area (Å²) in [5, 5.41) is 0.257. The topological polar surface area (TPSA) is 109 Å². The Morgan fingerprint density at radius 2 is 1.77 bits per heavy atom. The average molecular weight is 507 g/mol. The van der Waals surface area contributed by atoms with Crippen molar-refractivity contribution in [3.63, 3.8) is 0 Å². The minimum Gasteiger partial charge on any atom is -0.496 e. The second-order valence-electron chi connectivity index (χ2n) is 10.1. The molecule has 0 saturated carbocycles. The standard InChI is InChI=1S/C25H38N2O7Si/c1-14(2)35(15(3)4,16(5)6)32-13-21-20(33-17(7)28)12-22(34-21)27-18-10-9-11-19(31-8)23(18)24(29)26-25(27)30/h9-11,14-16,20-22H,12-13H2,1-8H3,(H,26,29,30)/t20-,21+,22+/m0/s1. The van der Waals surface area contributed by atoms with Crippen molar-refractivity contribution in [1.82, 2.24) is 9.55 Å². The first-order chi connectivity index (χ1) is 16.4. The summed E-state index contributed by atoms with van der Waals surface area (Å²) in [7, 11) is -0.727. The van der Waals surface area contributed by atoms with Gasteiger partial charge in [-0.1, -0.05) is 47.6 Å². The van der Waals surface area contributed by atoms with Gasteiger partial charge in [0.25, 0.3) is 5.56 Å². The summed E-state index contributed by atoms with van der Waals surface area (Å²) in [6, 6.07) is 5.05. The van der Waals surface area contributed by atoms with Crippen LogP contribution in [0.4, 0.5) is 0 Å². The monoisotopic (exact) mass is 506 g/mol. The van der Waals surface area contributed by atoms with Gasteiger partial charge in [0.2, 0.25) is 0 Å². The first kappa shape index (κ1) is 27.2. The van der Waals surface area contributed by atoms with Gasteiger partial charge in [-0.2, -0.15) is 0 Å². The fourth-order valence-electron chi connectivity index (χ4n) is 5.81. The number of esters is 1. The van der Waals surface area contributed by atoms with Gasteiger partial charge in [-0.25, -0.2) is 4.79 Å². The molecule has 1 aliphatic heterocycles. The lowest BCUT2D eigenvalue weighted by molar-refractivity contribution is -0.150. The molecule has 35 heavy (non-hydrogen) atoms. The van der Waals surface area contributed by atoms with E-state index in [0.29, 0.717) is 27.9 Å². The van der Waals surface area contributed by atoms with Gasteiger partial charge in [-0.05, 0) is 28.8 Å². The Kier molecular flexibility index (Phi) is 8.28. The van der Waals surface area contributed by atoms with Crippen molar-refractivity contribution >= 4 is 25.2 Å². The van der Waals surface area contributed by atoms with Crippen LogP contribution >= 0.6 is 0 Å². The zero-order valence-electron chi connectivity index (χ0n) is 21.9. The normalized spacial score (nSPS) is 20.8. The number of aromatic nitrogens is 2. The maximum atomic E-state index is 12.9. The van der Waals surface area contributed by atoms with Crippen LogP contribution < -0.4 is 16.0 Å². The average Bonchev–Trinajstić information content (AvgIpc) is 3.14. The summed E-state index contributed by atoms with van der Waals surface area (Å²) < 4.78 is 25.4. The molecule has 0 amide bonds. The highest BCUT2D eigenvalue weighted by Gasteiger charge is 2.47. The van der Waals surface area contributed by atoms with E-state index in [9.17, 15) is 14.4 Å². The van der Waals surface area contributed by atoms with Crippen LogP contribution in [-0.2, 0) is 18.7 Å². The molecule has 0 spiro atoms. The molecule has 0 unspecified atom stereocenters. The highest BCUT2D eigenvalue weighted by atomic mass is 28.4. The Morgan fingerprint density at radius 1 is 1.14 bits per heavy atom. The van der Waals surface area contributed by atoms with Gasteiger partial charge in [0.05, 0.1) is 19.2 Å². The van der Waals surface area contributed by atoms with E-state index in [0.717, 1.165) is 0 Å². The van der Waals surface area contributed by atoms with Crippen molar-refractivity contribution in [1.29, 1.82) is 0 Å². The molecule has 1 aromatic heterocycles. The summed E-state index contributed by atoms with van der Waals surface area (Å²) in [5.74, 6) is -0.0711. The van der Waals surface area contributed by atoms with E-state index in [4.69, 9.17) is 18.6 Å². The smallest absolute Gasteiger partial charge is 0.330 e. The summed E-state index contributed by atoms with van der Waals surface area (Å²) in [4.78, 5) is 39.7. The third kappa shape index (κ3) is 5.10. The van der Waals surface area contributed by atoms with Crippen molar-refractivity contribution in [3.05, 3.63) is 39.0 Å². The summed E-state index contributed by atoms with van der Waals surface area (Å²) in [5.41, 5.74) is 0.399. The summed E-state index contributed by atoms with van der Waals surface area (Å²) in [6.07, 6.45) is -1.63. The zero-order valence-corrected chi connectivity index (χ0v) is 22.9. The number of aromatic amines is 1. The van der Waals surface area contributed by atoms with Gasteiger partial charge in [0.1, 0.15) is 29.6 Å². The summed E-state index contributed by atoms with van der Waals surface area (Å²) >= 11 is 0. The maximum Gasteiger partial charge on any atom is 0.330 e. The molecule has 1 saturated heterocycles. The van der Waals surface area contributed by atoms with Crippen molar-refractivity contribution in [3.8, 4) is 5.75 Å². The first-order valence-electron chi connectivity index (χ1n) is 12.2. The van der Waals surface area contributed by atoms with Gasteiger partial charge in [0, 0.05) is 13.3 Å². The number of carbonyl (C=O) groups is 1. The van der Waals surface area contributed by atoms with Gasteiger partial charge in [-0.3, -0.25) is 19.1 Å². The van der Waals surface area contributed by atoms with E-state index >= 15 is 0 Å². The minimum atomic E-state index is -2.19. The van der Waals surface area contributed by atoms with E-state index in [2.05, 4.69) is 46.5 Å². The van der Waals surface area contributed by atoms with Crippen LogP contribution in [0.3, 0.4) is 0 Å². The number of ether oxygens (including phenoxy) is 3. The van der Waals surface area contributed by atoms with Gasteiger partial charge in [0.15, 0.2) is 8.32 Å². The van der Waals surface area contributed by atoms with E-state index in [-0.39, 0.29) is 18.4 Å². The Labute approximate surface area is 206 Å². The highest BCUT2D eigenvalue weighted by molar-refractivity contribution is 6.77. The molecule has 0 radical (unpaired) electrons. The molecule has 1 aliphatic rings. The molecule has 1 fully saturated rings. The predicted molar refractivity (Wildman–Crippen MR) is 136 cm³/mol. The minimum absolute atomic E-state index is 0.255. The molecular formula is C25H38N2O7Si. The number of hydrogen-bond donors (Lipinski definition) is 1. The molecule has 2 aromatic rings. The van der Waals surface area contributed by atoms with Gasteiger partial charge in [-0.15, -0.1) is 0 Å². The number of hydrogen-bond acceptors (Lipinski definition) is 7. The molecule has 3 rings (SSSR count). The second kappa shape index (κ2) is 10.7. The number of fused-ring (bicyclic) bond motifs is 1. The van der Waals surface area contributed by atoms with Crippen molar-refractivity contribution < 1.29 is 23.4 Å². The molecular weight excluding hydrogens is 468 g/mol. The van der Waals surface area contributed by atoms with Crippen LogP contribution in [0.25, 0.3) is 10.9 Å². The fourth-order valence-corrected chi connectivity index (χ4v) is 11.3. The number of carbonyl (C=O) groups excluding carboxylic acids is 1. The second-order valence-corrected chi connectivity index (χ2v) is 15.6. The van der Waals surface area contributed by atoms with Crippen LogP contribution in [0.1, 0.15) is 61.1 Å². The predicted octanol–water partition coefficient (Wildman–Crippen LogP) is 4.11. The third-order valence-electron chi connectivity index (χ3n) is 7.14. The zero-order chi connectivity index (χ0) is 26.1. The lowest BCUT2D eigenvalue weighted by Crippen LogP contribution is -2.50. The lowest BCUT2D eigenvalue weighted by Gasteiger charge is -2.42. The Bertz CT molecular complexity index is 1150. The number of rotatable bonds is 9. The fraction of sp³-hybridized carbons (Fsp3) is 0.640. The molecule has 10 heteroatoms. The first-order valence-corrected chi connectivity index (χ1v) is 14.4. The quantitative estimate of drug-likeness (QED) is 0.403. The van der Waals surface area contributed by atoms with Gasteiger partial charge >= 0.3 is 11.7 Å². The molecule has 194 valence electrons. The number of H-pyrrole nitrogens is 1. The summed E-state index contributed by atoms with van der Waals surface area (Å²) in [6.45, 7) is 14.8. The molecule has 0 bridgehead atoms. The molecule has 1 aromatic carbocycles. The van der Waals surface area contributed by atoms with Crippen LogP contribution in [0.15, 0.2) is 27.8 Å². The number of nitrogens with zero attached hydrogens (tertiary/aromatic N) is 1. The van der Waals surface area contributed by atoms with Crippen LogP contribution in [0, 0.1) is 0 Å². The Morgan fingerprint density at radius 3 is 2.31 bits per heavy atom. The number of benzene rings is 1. The van der Waals surface area contributed by atoms with Crippen molar-refractivity contribution in [2.75, 3.05) is 13.7 Å². The van der Waals surface area contributed by atoms with Crippen LogP contribution in [0.2, 0.25) is 16.6 Å². The Balaban J connectivity index is 2.00. The van der Waals surface area contributed by atoms with Crippen molar-refractivity contribution in [2.45, 2.75) is 89.9 Å². The third-order valence-corrected chi connectivity index (χ3v) is 13.2. The molecule has 1 N–H and O–H groups in total. The molecule has 2 heterocycles. The molecule has 9 nitrogen and oxygen atoms in total. The van der Waals surface area contributed by atoms with Crippen LogP contribution in [-0.4, -0.2) is 49.8 Å². The van der Waals surface area contributed by atoms with E-state index < -0.39 is 44.0 Å². The van der Waals surface area contributed by atoms with Gasteiger partial charge < -0.3 is 18.6 Å². The molecule has 0 aliphatic carbocycles. The van der Waals surface area contributed by atoms with E-state index in [1.165, 1.54) is 18.6 Å². The number of methoxy groups -OCH3 is 1. The largest absolute Gasteiger partial charge is 0.496 e. The lowest BCUT2D eigenvalue weighted by atomic mass is 10.1. The highest BCUT2D eigenvalue weighted by Crippen LogP contribution is 2.43.